The molecule has 1 aromatic carbocycles. The van der Waals surface area contributed by atoms with E-state index in [2.05, 4.69) is 4.98 Å². The highest BCUT2D eigenvalue weighted by Crippen LogP contribution is 2.18. The van der Waals surface area contributed by atoms with Crippen LogP contribution in [0.2, 0.25) is 0 Å². The maximum atomic E-state index is 11.7. The standard InChI is InChI=1S/C15H13NO/c1-12(17)15(14-7-9-16-10-8-14)11-13-5-3-2-4-6-13/h2-11H,1H3/b15-11-. The fourth-order valence-electron chi connectivity index (χ4n) is 1.64. The minimum absolute atomic E-state index is 0.0556. The molecular weight excluding hydrogens is 210 g/mol. The Morgan fingerprint density at radius 2 is 1.71 bits per heavy atom. The predicted octanol–water partition coefficient (Wildman–Crippen LogP) is 3.21. The van der Waals surface area contributed by atoms with Crippen molar-refractivity contribution >= 4 is 17.4 Å². The molecule has 0 amide bonds. The number of allylic oxidation sites excluding steroid dienone is 1. The van der Waals surface area contributed by atoms with E-state index < -0.39 is 0 Å². The fourth-order valence-corrected chi connectivity index (χ4v) is 1.64. The summed E-state index contributed by atoms with van der Waals surface area (Å²) in [4.78, 5) is 15.6. The molecule has 2 rings (SSSR count). The second kappa shape index (κ2) is 5.21. The molecule has 0 fully saturated rings. The molecular formula is C15H13NO. The second-order valence-corrected chi connectivity index (χ2v) is 3.76. The first-order valence-corrected chi connectivity index (χ1v) is 5.45. The summed E-state index contributed by atoms with van der Waals surface area (Å²) < 4.78 is 0. The zero-order valence-electron chi connectivity index (χ0n) is 9.63. The van der Waals surface area contributed by atoms with Crippen molar-refractivity contribution in [2.45, 2.75) is 6.92 Å². The molecule has 0 saturated carbocycles. The number of carbonyl (C=O) groups excluding carboxylic acids is 1. The lowest BCUT2D eigenvalue weighted by molar-refractivity contribution is -0.111. The van der Waals surface area contributed by atoms with Gasteiger partial charge in [0, 0.05) is 18.0 Å². The van der Waals surface area contributed by atoms with E-state index in [4.69, 9.17) is 0 Å². The highest BCUT2D eigenvalue weighted by molar-refractivity contribution is 6.24. The molecule has 2 aromatic rings. The Labute approximate surface area is 101 Å². The molecule has 1 aromatic heterocycles. The Morgan fingerprint density at radius 3 is 2.29 bits per heavy atom. The minimum atomic E-state index is 0.0556. The SMILES string of the molecule is CC(=O)/C(=C/c1ccccc1)c1ccncc1. The third kappa shape index (κ3) is 2.88. The molecule has 0 N–H and O–H groups in total. The molecule has 0 saturated heterocycles. The number of aromatic nitrogens is 1. The number of hydrogen-bond acceptors (Lipinski definition) is 2. The summed E-state index contributed by atoms with van der Waals surface area (Å²) in [5.41, 5.74) is 2.63. The normalized spacial score (nSPS) is 11.2. The van der Waals surface area contributed by atoms with Gasteiger partial charge < -0.3 is 0 Å². The number of hydrogen-bond donors (Lipinski definition) is 0. The fraction of sp³-hybridized carbons (Fsp3) is 0.0667. The molecule has 0 aliphatic heterocycles. The third-order valence-corrected chi connectivity index (χ3v) is 2.48. The average molecular weight is 223 g/mol. The van der Waals surface area contributed by atoms with Gasteiger partial charge >= 0.3 is 0 Å². The zero-order chi connectivity index (χ0) is 12.1. The second-order valence-electron chi connectivity index (χ2n) is 3.76. The summed E-state index contributed by atoms with van der Waals surface area (Å²) in [5.74, 6) is 0.0556. The van der Waals surface area contributed by atoms with Gasteiger partial charge in [0.25, 0.3) is 0 Å². The highest BCUT2D eigenvalue weighted by atomic mass is 16.1. The molecule has 0 atom stereocenters. The van der Waals surface area contributed by atoms with Crippen LogP contribution < -0.4 is 0 Å². The van der Waals surface area contributed by atoms with Gasteiger partial charge in [-0.3, -0.25) is 9.78 Å². The van der Waals surface area contributed by atoms with Crippen molar-refractivity contribution in [3.8, 4) is 0 Å². The van der Waals surface area contributed by atoms with Gasteiger partial charge in [0.2, 0.25) is 0 Å². The maximum absolute atomic E-state index is 11.7. The van der Waals surface area contributed by atoms with Crippen molar-refractivity contribution < 1.29 is 4.79 Å². The summed E-state index contributed by atoms with van der Waals surface area (Å²) in [5, 5.41) is 0. The first-order valence-electron chi connectivity index (χ1n) is 5.45. The summed E-state index contributed by atoms with van der Waals surface area (Å²) in [7, 11) is 0. The third-order valence-electron chi connectivity index (χ3n) is 2.48. The van der Waals surface area contributed by atoms with Crippen molar-refractivity contribution in [1.82, 2.24) is 4.98 Å². The lowest BCUT2D eigenvalue weighted by Gasteiger charge is -2.03. The van der Waals surface area contributed by atoms with Gasteiger partial charge in [0.1, 0.15) is 0 Å². The van der Waals surface area contributed by atoms with Crippen LogP contribution in [0.1, 0.15) is 18.1 Å². The van der Waals surface area contributed by atoms with Crippen LogP contribution in [-0.4, -0.2) is 10.8 Å². The van der Waals surface area contributed by atoms with E-state index in [1.807, 2.05) is 48.5 Å². The summed E-state index contributed by atoms with van der Waals surface area (Å²) in [6.45, 7) is 1.58. The van der Waals surface area contributed by atoms with E-state index in [1.165, 1.54) is 0 Å². The van der Waals surface area contributed by atoms with E-state index in [0.717, 1.165) is 11.1 Å². The Bertz CT molecular complexity index is 529. The topological polar surface area (TPSA) is 30.0 Å². The van der Waals surface area contributed by atoms with Crippen molar-refractivity contribution in [3.05, 3.63) is 66.0 Å². The first kappa shape index (κ1) is 11.3. The lowest BCUT2D eigenvalue weighted by Crippen LogP contribution is -1.96. The van der Waals surface area contributed by atoms with Gasteiger partial charge in [-0.05, 0) is 36.3 Å². The molecule has 0 spiro atoms. The number of benzene rings is 1. The molecule has 0 aliphatic rings. The molecule has 84 valence electrons. The quantitative estimate of drug-likeness (QED) is 0.748. The van der Waals surface area contributed by atoms with Crippen LogP contribution in [0.25, 0.3) is 11.6 Å². The van der Waals surface area contributed by atoms with Crippen LogP contribution in [0, 0.1) is 0 Å². The Kier molecular flexibility index (Phi) is 3.46. The van der Waals surface area contributed by atoms with Crippen LogP contribution in [0.15, 0.2) is 54.9 Å². The highest BCUT2D eigenvalue weighted by Gasteiger charge is 2.06. The van der Waals surface area contributed by atoms with Crippen LogP contribution in [-0.2, 0) is 4.79 Å². The van der Waals surface area contributed by atoms with Crippen LogP contribution in [0.4, 0.5) is 0 Å². The predicted molar refractivity (Wildman–Crippen MR) is 69.2 cm³/mol. The minimum Gasteiger partial charge on any atom is -0.294 e. The summed E-state index contributed by atoms with van der Waals surface area (Å²) >= 11 is 0. The lowest BCUT2D eigenvalue weighted by atomic mass is 10.0. The molecule has 2 heteroatoms. The molecule has 1 heterocycles. The first-order chi connectivity index (χ1) is 8.27. The van der Waals surface area contributed by atoms with Gasteiger partial charge in [-0.15, -0.1) is 0 Å². The van der Waals surface area contributed by atoms with Gasteiger partial charge in [0.15, 0.2) is 5.78 Å². The number of nitrogens with zero attached hydrogens (tertiary/aromatic N) is 1. The van der Waals surface area contributed by atoms with E-state index in [9.17, 15) is 4.79 Å². The van der Waals surface area contributed by atoms with Crippen LogP contribution >= 0.6 is 0 Å². The Hall–Kier alpha value is -2.22. The van der Waals surface area contributed by atoms with Crippen molar-refractivity contribution in [2.75, 3.05) is 0 Å². The molecule has 0 aliphatic carbocycles. The maximum Gasteiger partial charge on any atom is 0.160 e. The largest absolute Gasteiger partial charge is 0.294 e. The van der Waals surface area contributed by atoms with E-state index in [0.29, 0.717) is 5.57 Å². The summed E-state index contributed by atoms with van der Waals surface area (Å²) in [6.07, 6.45) is 5.28. The number of pyridine rings is 1. The Morgan fingerprint density at radius 1 is 1.06 bits per heavy atom. The van der Waals surface area contributed by atoms with Gasteiger partial charge in [-0.1, -0.05) is 30.3 Å². The van der Waals surface area contributed by atoms with E-state index >= 15 is 0 Å². The Balaban J connectivity index is 2.44. The van der Waals surface area contributed by atoms with E-state index in [1.54, 1.807) is 19.3 Å². The van der Waals surface area contributed by atoms with Gasteiger partial charge in [-0.25, -0.2) is 0 Å². The van der Waals surface area contributed by atoms with Crippen molar-refractivity contribution in [1.29, 1.82) is 0 Å². The molecule has 0 radical (unpaired) electrons. The average Bonchev–Trinajstić information content (AvgIpc) is 2.38. The molecule has 0 bridgehead atoms. The van der Waals surface area contributed by atoms with E-state index in [-0.39, 0.29) is 5.78 Å². The molecule has 2 nitrogen and oxygen atoms in total. The van der Waals surface area contributed by atoms with Crippen molar-refractivity contribution in [2.24, 2.45) is 0 Å². The monoisotopic (exact) mass is 223 g/mol. The molecule has 17 heavy (non-hydrogen) atoms. The van der Waals surface area contributed by atoms with Gasteiger partial charge in [-0.2, -0.15) is 0 Å². The summed E-state index contributed by atoms with van der Waals surface area (Å²) in [6, 6.07) is 13.5. The smallest absolute Gasteiger partial charge is 0.160 e. The zero-order valence-corrected chi connectivity index (χ0v) is 9.63. The van der Waals surface area contributed by atoms with Crippen LogP contribution in [0.3, 0.4) is 0 Å². The van der Waals surface area contributed by atoms with Crippen molar-refractivity contribution in [3.63, 3.8) is 0 Å². The number of Topliss-reactive ketones (excluding diaryl/α,β-unsaturated/α-hetero) is 1. The molecule has 0 unspecified atom stereocenters. The van der Waals surface area contributed by atoms with Gasteiger partial charge in [0.05, 0.1) is 0 Å². The number of carbonyl (C=O) groups is 1. The number of rotatable bonds is 3. The van der Waals surface area contributed by atoms with Crippen LogP contribution in [0.5, 0.6) is 0 Å². The number of ketones is 1.